The highest BCUT2D eigenvalue weighted by Gasteiger charge is 2.28. The molecule has 130 valence electrons. The second-order valence-electron chi connectivity index (χ2n) is 7.13. The van der Waals surface area contributed by atoms with Crippen LogP contribution < -0.4 is 5.32 Å². The predicted molar refractivity (Wildman–Crippen MR) is 87.2 cm³/mol. The standard InChI is InChI=1S/C17H28N2O4/c1-12(20)9-17(3,4)11-18-16(21)19-7-8-22-15(10-19)14-6-5-13(2)23-14/h5-6,12,15,20H,7-11H2,1-4H3,(H,18,21). The summed E-state index contributed by atoms with van der Waals surface area (Å²) in [5.41, 5.74) is -0.145. The molecule has 1 aromatic heterocycles. The minimum Gasteiger partial charge on any atom is -0.464 e. The van der Waals surface area contributed by atoms with Crippen molar-refractivity contribution in [2.45, 2.75) is 46.3 Å². The predicted octanol–water partition coefficient (Wildman–Crippen LogP) is 2.47. The van der Waals surface area contributed by atoms with E-state index in [1.807, 2.05) is 32.9 Å². The second-order valence-corrected chi connectivity index (χ2v) is 7.13. The minimum atomic E-state index is -0.378. The number of nitrogens with one attached hydrogen (secondary N) is 1. The number of hydrogen-bond acceptors (Lipinski definition) is 4. The number of carbonyl (C=O) groups is 1. The Bertz CT molecular complexity index is 524. The van der Waals surface area contributed by atoms with Crippen molar-refractivity contribution in [3.05, 3.63) is 23.7 Å². The van der Waals surface area contributed by atoms with Gasteiger partial charge in [0, 0.05) is 13.1 Å². The smallest absolute Gasteiger partial charge is 0.317 e. The molecular weight excluding hydrogens is 296 g/mol. The van der Waals surface area contributed by atoms with Crippen LogP contribution in [-0.2, 0) is 4.74 Å². The molecular formula is C17H28N2O4. The van der Waals surface area contributed by atoms with Gasteiger partial charge in [0.25, 0.3) is 0 Å². The van der Waals surface area contributed by atoms with E-state index in [-0.39, 0.29) is 23.7 Å². The maximum absolute atomic E-state index is 12.4. The Hall–Kier alpha value is -1.53. The number of morpholine rings is 1. The van der Waals surface area contributed by atoms with Gasteiger partial charge in [-0.3, -0.25) is 0 Å². The number of aryl methyl sites for hydroxylation is 1. The summed E-state index contributed by atoms with van der Waals surface area (Å²) in [4.78, 5) is 14.1. The van der Waals surface area contributed by atoms with Gasteiger partial charge in [-0.05, 0) is 37.8 Å². The first kappa shape index (κ1) is 17.8. The van der Waals surface area contributed by atoms with Crippen LogP contribution in [0.15, 0.2) is 16.5 Å². The number of ether oxygens (including phenoxy) is 1. The monoisotopic (exact) mass is 324 g/mol. The Morgan fingerprint density at radius 1 is 1.52 bits per heavy atom. The van der Waals surface area contributed by atoms with Gasteiger partial charge in [0.1, 0.15) is 17.6 Å². The van der Waals surface area contributed by atoms with Crippen LogP contribution in [0.4, 0.5) is 4.79 Å². The van der Waals surface area contributed by atoms with Gasteiger partial charge in [-0.15, -0.1) is 0 Å². The fraction of sp³-hybridized carbons (Fsp3) is 0.706. The van der Waals surface area contributed by atoms with Gasteiger partial charge in [-0.2, -0.15) is 0 Å². The maximum Gasteiger partial charge on any atom is 0.317 e. The number of carbonyl (C=O) groups excluding carboxylic acids is 1. The highest BCUT2D eigenvalue weighted by atomic mass is 16.5. The lowest BCUT2D eigenvalue weighted by Crippen LogP contribution is -2.49. The first-order valence-corrected chi connectivity index (χ1v) is 8.15. The Kier molecular flexibility index (Phi) is 5.70. The fourth-order valence-corrected chi connectivity index (χ4v) is 2.93. The molecule has 0 spiro atoms. The highest BCUT2D eigenvalue weighted by molar-refractivity contribution is 5.74. The number of furan rings is 1. The van der Waals surface area contributed by atoms with E-state index >= 15 is 0 Å². The van der Waals surface area contributed by atoms with Crippen molar-refractivity contribution >= 4 is 6.03 Å². The number of urea groups is 1. The number of nitrogens with zero attached hydrogens (tertiary/aromatic N) is 1. The number of rotatable bonds is 5. The minimum absolute atomic E-state index is 0.0970. The van der Waals surface area contributed by atoms with Crippen LogP contribution >= 0.6 is 0 Å². The zero-order valence-electron chi connectivity index (χ0n) is 14.5. The van der Waals surface area contributed by atoms with Crippen molar-refractivity contribution < 1.29 is 19.1 Å². The average Bonchev–Trinajstić information content (AvgIpc) is 2.90. The number of hydrogen-bond donors (Lipinski definition) is 2. The molecule has 0 aliphatic carbocycles. The molecule has 6 nitrogen and oxygen atoms in total. The first-order chi connectivity index (χ1) is 10.8. The Labute approximate surface area is 137 Å². The highest BCUT2D eigenvalue weighted by Crippen LogP contribution is 2.25. The summed E-state index contributed by atoms with van der Waals surface area (Å²) < 4.78 is 11.3. The lowest BCUT2D eigenvalue weighted by atomic mass is 9.87. The molecule has 2 N–H and O–H groups in total. The van der Waals surface area contributed by atoms with Crippen LogP contribution in [0.1, 0.15) is 44.8 Å². The molecule has 0 aromatic carbocycles. The van der Waals surface area contributed by atoms with Crippen molar-refractivity contribution in [2.75, 3.05) is 26.2 Å². The Morgan fingerprint density at radius 2 is 2.26 bits per heavy atom. The normalized spacial score (nSPS) is 20.4. The molecule has 1 fully saturated rings. The quantitative estimate of drug-likeness (QED) is 0.872. The van der Waals surface area contributed by atoms with Gasteiger partial charge in [-0.1, -0.05) is 13.8 Å². The summed E-state index contributed by atoms with van der Waals surface area (Å²) in [6.45, 7) is 9.80. The van der Waals surface area contributed by atoms with Gasteiger partial charge in [0.2, 0.25) is 0 Å². The van der Waals surface area contributed by atoms with E-state index in [2.05, 4.69) is 5.32 Å². The molecule has 2 atom stereocenters. The lowest BCUT2D eigenvalue weighted by molar-refractivity contribution is -0.0266. The number of amides is 2. The summed E-state index contributed by atoms with van der Waals surface area (Å²) >= 11 is 0. The molecule has 6 heteroatoms. The van der Waals surface area contributed by atoms with Gasteiger partial charge >= 0.3 is 6.03 Å². The second kappa shape index (κ2) is 7.36. The molecule has 23 heavy (non-hydrogen) atoms. The molecule has 2 rings (SSSR count). The van der Waals surface area contributed by atoms with E-state index in [1.54, 1.807) is 11.8 Å². The van der Waals surface area contributed by atoms with Crippen LogP contribution in [0.5, 0.6) is 0 Å². The zero-order chi connectivity index (χ0) is 17.0. The van der Waals surface area contributed by atoms with Crippen molar-refractivity contribution in [3.8, 4) is 0 Å². The summed E-state index contributed by atoms with van der Waals surface area (Å²) in [6, 6.07) is 3.70. The van der Waals surface area contributed by atoms with Crippen LogP contribution in [0, 0.1) is 12.3 Å². The van der Waals surface area contributed by atoms with Crippen LogP contribution in [0.2, 0.25) is 0 Å². The van der Waals surface area contributed by atoms with Crippen LogP contribution in [0.3, 0.4) is 0 Å². The maximum atomic E-state index is 12.4. The molecule has 1 aromatic rings. The Morgan fingerprint density at radius 3 is 2.87 bits per heavy atom. The molecule has 0 saturated carbocycles. The van der Waals surface area contributed by atoms with Crippen molar-refractivity contribution in [3.63, 3.8) is 0 Å². The van der Waals surface area contributed by atoms with Gasteiger partial charge in [0.15, 0.2) is 0 Å². The van der Waals surface area contributed by atoms with E-state index in [4.69, 9.17) is 9.15 Å². The molecule has 2 heterocycles. The lowest BCUT2D eigenvalue weighted by Gasteiger charge is -2.33. The molecule has 1 saturated heterocycles. The Balaban J connectivity index is 1.87. The molecule has 0 bridgehead atoms. The average molecular weight is 324 g/mol. The molecule has 2 amide bonds. The van der Waals surface area contributed by atoms with Gasteiger partial charge in [-0.25, -0.2) is 4.79 Å². The van der Waals surface area contributed by atoms with Crippen molar-refractivity contribution in [1.29, 1.82) is 0 Å². The molecule has 0 radical (unpaired) electrons. The molecule has 1 aliphatic heterocycles. The van der Waals surface area contributed by atoms with Gasteiger partial charge < -0.3 is 24.5 Å². The molecule has 2 unspecified atom stereocenters. The van der Waals surface area contributed by atoms with Crippen molar-refractivity contribution in [2.24, 2.45) is 5.41 Å². The summed E-state index contributed by atoms with van der Waals surface area (Å²) in [5.74, 6) is 1.60. The van der Waals surface area contributed by atoms with E-state index in [1.165, 1.54) is 0 Å². The third-order valence-corrected chi connectivity index (χ3v) is 4.00. The summed E-state index contributed by atoms with van der Waals surface area (Å²) in [7, 11) is 0. The zero-order valence-corrected chi connectivity index (χ0v) is 14.5. The van der Waals surface area contributed by atoms with E-state index in [0.29, 0.717) is 32.7 Å². The fourth-order valence-electron chi connectivity index (χ4n) is 2.93. The third-order valence-electron chi connectivity index (χ3n) is 4.00. The third kappa shape index (κ3) is 5.25. The topological polar surface area (TPSA) is 74.9 Å². The SMILES string of the molecule is Cc1ccc(C2CN(C(=O)NCC(C)(C)CC(C)O)CCO2)o1. The van der Waals surface area contributed by atoms with Crippen LogP contribution in [0.25, 0.3) is 0 Å². The molecule has 1 aliphatic rings. The number of aliphatic hydroxyl groups is 1. The first-order valence-electron chi connectivity index (χ1n) is 8.15. The van der Waals surface area contributed by atoms with E-state index in [0.717, 1.165) is 11.5 Å². The van der Waals surface area contributed by atoms with Gasteiger partial charge in [0.05, 0.1) is 19.3 Å². The van der Waals surface area contributed by atoms with E-state index in [9.17, 15) is 9.90 Å². The largest absolute Gasteiger partial charge is 0.464 e. The van der Waals surface area contributed by atoms with Crippen LogP contribution in [-0.4, -0.2) is 48.4 Å². The summed E-state index contributed by atoms with van der Waals surface area (Å²) in [6.07, 6.45) is 0.0514. The van der Waals surface area contributed by atoms with E-state index < -0.39 is 0 Å². The number of aliphatic hydroxyl groups excluding tert-OH is 1. The summed E-state index contributed by atoms with van der Waals surface area (Å²) in [5, 5.41) is 12.5. The van der Waals surface area contributed by atoms with Crippen molar-refractivity contribution in [1.82, 2.24) is 10.2 Å².